The van der Waals surface area contributed by atoms with E-state index in [1.165, 1.54) is 0 Å². The fourth-order valence-electron chi connectivity index (χ4n) is 1.24. The number of carbonyl (C=O) groups is 1. The quantitative estimate of drug-likeness (QED) is 0.575. The van der Waals surface area contributed by atoms with E-state index in [9.17, 15) is 9.90 Å². The molecule has 13 heavy (non-hydrogen) atoms. The summed E-state index contributed by atoms with van der Waals surface area (Å²) in [6.07, 6.45) is 1.96. The van der Waals surface area contributed by atoms with Crippen LogP contribution in [0.15, 0.2) is 0 Å². The summed E-state index contributed by atoms with van der Waals surface area (Å²) in [6, 6.07) is -0.480. The van der Waals surface area contributed by atoms with Gasteiger partial charge in [-0.3, -0.25) is 4.79 Å². The van der Waals surface area contributed by atoms with Gasteiger partial charge in [0.1, 0.15) is 6.04 Å². The lowest BCUT2D eigenvalue weighted by Gasteiger charge is -2.21. The van der Waals surface area contributed by atoms with Crippen molar-refractivity contribution in [3.8, 4) is 0 Å². The molecule has 1 unspecified atom stereocenters. The first kappa shape index (κ1) is 10.5. The molecule has 0 aromatic heterocycles. The molecule has 1 fully saturated rings. The SMILES string of the molecule is CC(C)(O)CNC(C(=O)O)C1CC1. The van der Waals surface area contributed by atoms with Gasteiger partial charge >= 0.3 is 5.97 Å². The van der Waals surface area contributed by atoms with Gasteiger partial charge in [-0.2, -0.15) is 0 Å². The zero-order valence-corrected chi connectivity index (χ0v) is 8.08. The number of hydrogen-bond donors (Lipinski definition) is 3. The van der Waals surface area contributed by atoms with Gasteiger partial charge in [0.15, 0.2) is 0 Å². The van der Waals surface area contributed by atoms with Crippen LogP contribution in [0.3, 0.4) is 0 Å². The first-order chi connectivity index (χ1) is 5.90. The Bertz CT molecular complexity index is 194. The van der Waals surface area contributed by atoms with Gasteiger partial charge in [0.05, 0.1) is 5.60 Å². The first-order valence-corrected chi connectivity index (χ1v) is 4.59. The summed E-state index contributed by atoms with van der Waals surface area (Å²) >= 11 is 0. The number of nitrogens with one attached hydrogen (secondary N) is 1. The van der Waals surface area contributed by atoms with Gasteiger partial charge in [-0.25, -0.2) is 0 Å². The summed E-state index contributed by atoms with van der Waals surface area (Å²) in [6.45, 7) is 3.64. The standard InChI is InChI=1S/C9H17NO3/c1-9(2,13)5-10-7(8(11)12)6-3-4-6/h6-7,10,13H,3-5H2,1-2H3,(H,11,12). The molecule has 0 spiro atoms. The summed E-state index contributed by atoms with van der Waals surface area (Å²) in [4.78, 5) is 10.8. The fraction of sp³-hybridized carbons (Fsp3) is 0.889. The highest BCUT2D eigenvalue weighted by atomic mass is 16.4. The molecule has 0 heterocycles. The van der Waals surface area contributed by atoms with Gasteiger partial charge in [-0.15, -0.1) is 0 Å². The summed E-state index contributed by atoms with van der Waals surface area (Å²) in [5.41, 5.74) is -0.845. The van der Waals surface area contributed by atoms with Crippen LogP contribution in [0.2, 0.25) is 0 Å². The monoisotopic (exact) mass is 187 g/mol. The van der Waals surface area contributed by atoms with E-state index >= 15 is 0 Å². The van der Waals surface area contributed by atoms with Gasteiger partial charge in [0.25, 0.3) is 0 Å². The fourth-order valence-corrected chi connectivity index (χ4v) is 1.24. The van der Waals surface area contributed by atoms with Crippen LogP contribution in [0, 0.1) is 5.92 Å². The number of aliphatic carboxylic acids is 1. The van der Waals surface area contributed by atoms with Crippen molar-refractivity contribution in [3.63, 3.8) is 0 Å². The van der Waals surface area contributed by atoms with Crippen molar-refractivity contribution in [1.29, 1.82) is 0 Å². The number of carboxylic acids is 1. The Morgan fingerprint density at radius 3 is 2.46 bits per heavy atom. The van der Waals surface area contributed by atoms with E-state index in [0.717, 1.165) is 12.8 Å². The first-order valence-electron chi connectivity index (χ1n) is 4.59. The highest BCUT2D eigenvalue weighted by Crippen LogP contribution is 2.32. The highest BCUT2D eigenvalue weighted by Gasteiger charge is 2.36. The zero-order chi connectivity index (χ0) is 10.1. The van der Waals surface area contributed by atoms with E-state index in [2.05, 4.69) is 5.32 Å². The molecule has 0 aromatic rings. The Morgan fingerprint density at radius 1 is 1.62 bits per heavy atom. The van der Waals surface area contributed by atoms with Crippen molar-refractivity contribution in [2.45, 2.75) is 38.3 Å². The molecule has 1 atom stereocenters. The highest BCUT2D eigenvalue weighted by molar-refractivity contribution is 5.74. The van der Waals surface area contributed by atoms with Gasteiger partial charge in [-0.05, 0) is 32.6 Å². The molecule has 4 nitrogen and oxygen atoms in total. The van der Waals surface area contributed by atoms with Crippen molar-refractivity contribution in [1.82, 2.24) is 5.32 Å². The Labute approximate surface area is 78.0 Å². The van der Waals surface area contributed by atoms with E-state index < -0.39 is 17.6 Å². The molecule has 0 saturated heterocycles. The minimum absolute atomic E-state index is 0.264. The Hall–Kier alpha value is -0.610. The van der Waals surface area contributed by atoms with E-state index in [0.29, 0.717) is 6.54 Å². The third-order valence-electron chi connectivity index (χ3n) is 2.11. The van der Waals surface area contributed by atoms with Crippen LogP contribution >= 0.6 is 0 Å². The maximum atomic E-state index is 10.8. The number of aliphatic hydroxyl groups is 1. The molecule has 1 aliphatic rings. The maximum absolute atomic E-state index is 10.8. The van der Waals surface area contributed by atoms with E-state index in [1.54, 1.807) is 13.8 Å². The molecular formula is C9H17NO3. The lowest BCUT2D eigenvalue weighted by Crippen LogP contribution is -2.45. The van der Waals surface area contributed by atoms with Crippen molar-refractivity contribution in [3.05, 3.63) is 0 Å². The lowest BCUT2D eigenvalue weighted by atomic mass is 10.1. The maximum Gasteiger partial charge on any atom is 0.320 e. The van der Waals surface area contributed by atoms with Crippen LogP contribution in [-0.2, 0) is 4.79 Å². The second kappa shape index (κ2) is 3.64. The number of rotatable bonds is 5. The van der Waals surface area contributed by atoms with Crippen LogP contribution in [0.1, 0.15) is 26.7 Å². The predicted molar refractivity (Wildman–Crippen MR) is 48.4 cm³/mol. The van der Waals surface area contributed by atoms with Crippen LogP contribution in [0.4, 0.5) is 0 Å². The Balaban J connectivity index is 2.35. The Kier molecular flexibility index (Phi) is 2.93. The predicted octanol–water partition coefficient (Wildman–Crippen LogP) is 0.210. The third kappa shape index (κ3) is 3.74. The normalized spacial score (nSPS) is 19.9. The molecule has 0 radical (unpaired) electrons. The van der Waals surface area contributed by atoms with Crippen molar-refractivity contribution in [2.75, 3.05) is 6.54 Å². The summed E-state index contributed by atoms with van der Waals surface area (Å²) < 4.78 is 0. The van der Waals surface area contributed by atoms with Crippen LogP contribution < -0.4 is 5.32 Å². The topological polar surface area (TPSA) is 69.6 Å². The molecule has 3 N–H and O–H groups in total. The molecular weight excluding hydrogens is 170 g/mol. The molecule has 0 bridgehead atoms. The minimum atomic E-state index is -0.845. The van der Waals surface area contributed by atoms with Crippen molar-refractivity contribution < 1.29 is 15.0 Å². The van der Waals surface area contributed by atoms with E-state index in [-0.39, 0.29) is 5.92 Å². The smallest absolute Gasteiger partial charge is 0.320 e. The second-order valence-electron chi connectivity index (χ2n) is 4.35. The average molecular weight is 187 g/mol. The van der Waals surface area contributed by atoms with Gasteiger partial charge in [0.2, 0.25) is 0 Å². The van der Waals surface area contributed by atoms with Gasteiger partial charge < -0.3 is 15.5 Å². The summed E-state index contributed by atoms with van der Waals surface area (Å²) in [7, 11) is 0. The molecule has 1 rings (SSSR count). The van der Waals surface area contributed by atoms with Crippen molar-refractivity contribution in [2.24, 2.45) is 5.92 Å². The molecule has 0 aliphatic heterocycles. The minimum Gasteiger partial charge on any atom is -0.480 e. The Morgan fingerprint density at radius 2 is 2.15 bits per heavy atom. The largest absolute Gasteiger partial charge is 0.480 e. The number of carboxylic acid groups (broad SMARTS) is 1. The molecule has 1 aliphatic carbocycles. The number of hydrogen-bond acceptors (Lipinski definition) is 3. The van der Waals surface area contributed by atoms with Gasteiger partial charge in [-0.1, -0.05) is 0 Å². The van der Waals surface area contributed by atoms with E-state index in [4.69, 9.17) is 5.11 Å². The molecule has 0 amide bonds. The van der Waals surface area contributed by atoms with Crippen LogP contribution in [0.25, 0.3) is 0 Å². The lowest BCUT2D eigenvalue weighted by molar-refractivity contribution is -0.140. The summed E-state index contributed by atoms with van der Waals surface area (Å²) in [5, 5.41) is 21.1. The molecule has 4 heteroatoms. The van der Waals surface area contributed by atoms with Crippen molar-refractivity contribution >= 4 is 5.97 Å². The third-order valence-corrected chi connectivity index (χ3v) is 2.11. The molecule has 0 aromatic carbocycles. The molecule has 76 valence electrons. The van der Waals surface area contributed by atoms with Crippen LogP contribution in [-0.4, -0.2) is 34.4 Å². The molecule has 1 saturated carbocycles. The second-order valence-corrected chi connectivity index (χ2v) is 4.35. The van der Waals surface area contributed by atoms with E-state index in [1.807, 2.05) is 0 Å². The average Bonchev–Trinajstić information content (AvgIpc) is 2.67. The zero-order valence-electron chi connectivity index (χ0n) is 8.08. The van der Waals surface area contributed by atoms with Crippen LogP contribution in [0.5, 0.6) is 0 Å². The van der Waals surface area contributed by atoms with Gasteiger partial charge in [0, 0.05) is 6.54 Å². The summed E-state index contributed by atoms with van der Waals surface area (Å²) in [5.74, 6) is -0.549.